The number of hydrogen-bond donors (Lipinski definition) is 2. The van der Waals surface area contributed by atoms with Gasteiger partial charge in [-0.3, -0.25) is 4.79 Å². The minimum atomic E-state index is -0.792. The lowest BCUT2D eigenvalue weighted by atomic mass is 10.1. The van der Waals surface area contributed by atoms with Gasteiger partial charge in [0, 0.05) is 18.9 Å². The van der Waals surface area contributed by atoms with E-state index in [-0.39, 0.29) is 0 Å². The number of hydrogen-bond acceptors (Lipinski definition) is 3. The van der Waals surface area contributed by atoms with Crippen LogP contribution in [0.4, 0.5) is 0 Å². The van der Waals surface area contributed by atoms with Crippen molar-refractivity contribution in [2.24, 2.45) is 0 Å². The predicted octanol–water partition coefficient (Wildman–Crippen LogP) is 2.22. The molecule has 2 N–H and O–H groups in total. The van der Waals surface area contributed by atoms with Crippen molar-refractivity contribution in [2.75, 3.05) is 0 Å². The Morgan fingerprint density at radius 3 is 2.70 bits per heavy atom. The number of carboxylic acid groups (broad SMARTS) is 1. The highest BCUT2D eigenvalue weighted by molar-refractivity contribution is 5.73. The monoisotopic (exact) mass is 273 g/mol. The zero-order chi connectivity index (χ0) is 14.4. The quantitative estimate of drug-likeness (QED) is 0.811. The largest absolute Gasteiger partial charge is 0.480 e. The number of nitrogens with zero attached hydrogens (tertiary/aromatic N) is 2. The van der Waals surface area contributed by atoms with E-state index in [2.05, 4.69) is 10.4 Å². The highest BCUT2D eigenvalue weighted by Gasteiger charge is 2.14. The van der Waals surface area contributed by atoms with E-state index in [1.165, 1.54) is 0 Å². The van der Waals surface area contributed by atoms with E-state index in [1.54, 1.807) is 10.9 Å². The van der Waals surface area contributed by atoms with Gasteiger partial charge in [-0.25, -0.2) is 4.68 Å². The summed E-state index contributed by atoms with van der Waals surface area (Å²) in [6, 6.07) is 9.30. The van der Waals surface area contributed by atoms with Crippen LogP contribution in [-0.4, -0.2) is 26.9 Å². The maximum Gasteiger partial charge on any atom is 0.320 e. The second kappa shape index (κ2) is 6.86. The molecule has 1 aromatic carbocycles. The molecule has 20 heavy (non-hydrogen) atoms. The van der Waals surface area contributed by atoms with Crippen LogP contribution in [0.1, 0.15) is 25.3 Å². The molecule has 5 heteroatoms. The molecule has 1 atom stereocenters. The minimum absolute atomic E-state index is 0.481. The van der Waals surface area contributed by atoms with Gasteiger partial charge < -0.3 is 10.4 Å². The van der Waals surface area contributed by atoms with Crippen LogP contribution in [0.2, 0.25) is 0 Å². The molecule has 106 valence electrons. The van der Waals surface area contributed by atoms with Crippen molar-refractivity contribution >= 4 is 5.97 Å². The van der Waals surface area contributed by atoms with Crippen LogP contribution >= 0.6 is 0 Å². The SMILES string of the molecule is CCCC(NCc1ccc(-n2cccn2)cc1)C(=O)O. The van der Waals surface area contributed by atoms with E-state index in [0.29, 0.717) is 13.0 Å². The van der Waals surface area contributed by atoms with Gasteiger partial charge in [0.05, 0.1) is 5.69 Å². The summed E-state index contributed by atoms with van der Waals surface area (Å²) < 4.78 is 1.79. The Hall–Kier alpha value is -2.14. The summed E-state index contributed by atoms with van der Waals surface area (Å²) in [4.78, 5) is 11.0. The number of benzene rings is 1. The summed E-state index contributed by atoms with van der Waals surface area (Å²) >= 11 is 0. The summed E-state index contributed by atoms with van der Waals surface area (Å²) in [5.41, 5.74) is 2.05. The van der Waals surface area contributed by atoms with Gasteiger partial charge in [-0.2, -0.15) is 5.10 Å². The summed E-state index contributed by atoms with van der Waals surface area (Å²) in [5, 5.41) is 16.3. The van der Waals surface area contributed by atoms with Gasteiger partial charge in [-0.05, 0) is 30.2 Å². The molecule has 0 saturated carbocycles. The first-order valence-electron chi connectivity index (χ1n) is 6.76. The molecule has 2 rings (SSSR count). The Morgan fingerprint density at radius 2 is 2.15 bits per heavy atom. The fourth-order valence-corrected chi connectivity index (χ4v) is 2.03. The van der Waals surface area contributed by atoms with Crippen LogP contribution in [0, 0.1) is 0 Å². The third-order valence-electron chi connectivity index (χ3n) is 3.13. The van der Waals surface area contributed by atoms with E-state index < -0.39 is 12.0 Å². The van der Waals surface area contributed by atoms with Crippen molar-refractivity contribution in [3.8, 4) is 5.69 Å². The number of carbonyl (C=O) groups is 1. The van der Waals surface area contributed by atoms with Crippen LogP contribution in [0.5, 0.6) is 0 Å². The maximum atomic E-state index is 11.0. The topological polar surface area (TPSA) is 67.2 Å². The van der Waals surface area contributed by atoms with Gasteiger partial charge in [0.2, 0.25) is 0 Å². The number of nitrogens with one attached hydrogen (secondary N) is 1. The minimum Gasteiger partial charge on any atom is -0.480 e. The molecule has 1 unspecified atom stereocenters. The molecule has 0 saturated heterocycles. The van der Waals surface area contributed by atoms with E-state index in [1.807, 2.05) is 43.5 Å². The van der Waals surface area contributed by atoms with Gasteiger partial charge in [0.15, 0.2) is 0 Å². The zero-order valence-electron chi connectivity index (χ0n) is 11.5. The van der Waals surface area contributed by atoms with Gasteiger partial charge in [0.25, 0.3) is 0 Å². The Balaban J connectivity index is 1.95. The van der Waals surface area contributed by atoms with Crippen LogP contribution < -0.4 is 5.32 Å². The average molecular weight is 273 g/mol. The average Bonchev–Trinajstić information content (AvgIpc) is 2.98. The molecule has 5 nitrogen and oxygen atoms in total. The molecule has 2 aromatic rings. The van der Waals surface area contributed by atoms with E-state index in [0.717, 1.165) is 17.7 Å². The lowest BCUT2D eigenvalue weighted by Crippen LogP contribution is -2.35. The second-order valence-corrected chi connectivity index (χ2v) is 4.68. The molecule has 0 aliphatic rings. The second-order valence-electron chi connectivity index (χ2n) is 4.68. The molecule has 0 aliphatic heterocycles. The zero-order valence-corrected chi connectivity index (χ0v) is 11.5. The maximum absolute atomic E-state index is 11.0. The lowest BCUT2D eigenvalue weighted by molar-refractivity contribution is -0.139. The van der Waals surface area contributed by atoms with Crippen molar-refractivity contribution in [3.63, 3.8) is 0 Å². The van der Waals surface area contributed by atoms with Crippen molar-refractivity contribution in [1.82, 2.24) is 15.1 Å². The molecule has 0 spiro atoms. The van der Waals surface area contributed by atoms with Gasteiger partial charge >= 0.3 is 5.97 Å². The lowest BCUT2D eigenvalue weighted by Gasteiger charge is -2.13. The predicted molar refractivity (Wildman–Crippen MR) is 76.7 cm³/mol. The van der Waals surface area contributed by atoms with Crippen molar-refractivity contribution in [1.29, 1.82) is 0 Å². The fraction of sp³-hybridized carbons (Fsp3) is 0.333. The molecule has 0 aliphatic carbocycles. The van der Waals surface area contributed by atoms with Crippen LogP contribution in [0.3, 0.4) is 0 Å². The highest BCUT2D eigenvalue weighted by atomic mass is 16.4. The molecular weight excluding hydrogens is 254 g/mol. The van der Waals surface area contributed by atoms with Crippen molar-refractivity contribution in [2.45, 2.75) is 32.4 Å². The molecule has 0 amide bonds. The Kier molecular flexibility index (Phi) is 4.90. The third kappa shape index (κ3) is 3.68. The molecule has 1 aromatic heterocycles. The number of rotatable bonds is 7. The summed E-state index contributed by atoms with van der Waals surface area (Å²) in [5.74, 6) is -0.792. The van der Waals surface area contributed by atoms with Gasteiger partial charge in [-0.15, -0.1) is 0 Å². The molecule has 0 fully saturated rings. The first-order valence-corrected chi connectivity index (χ1v) is 6.76. The number of aromatic nitrogens is 2. The molecular formula is C15H19N3O2. The molecule has 0 bridgehead atoms. The van der Waals surface area contributed by atoms with Gasteiger partial charge in [0.1, 0.15) is 6.04 Å². The summed E-state index contributed by atoms with van der Waals surface area (Å²) in [7, 11) is 0. The Bertz CT molecular complexity index is 535. The number of aliphatic carboxylic acids is 1. The van der Waals surface area contributed by atoms with Crippen LogP contribution in [0.25, 0.3) is 5.69 Å². The smallest absolute Gasteiger partial charge is 0.320 e. The van der Waals surface area contributed by atoms with Crippen molar-refractivity contribution < 1.29 is 9.90 Å². The first kappa shape index (κ1) is 14.3. The van der Waals surface area contributed by atoms with E-state index in [9.17, 15) is 4.79 Å². The van der Waals surface area contributed by atoms with E-state index in [4.69, 9.17) is 5.11 Å². The molecule has 0 radical (unpaired) electrons. The summed E-state index contributed by atoms with van der Waals surface area (Å²) in [6.45, 7) is 2.53. The third-order valence-corrected chi connectivity index (χ3v) is 3.13. The van der Waals surface area contributed by atoms with Gasteiger partial charge in [-0.1, -0.05) is 25.5 Å². The highest BCUT2D eigenvalue weighted by Crippen LogP contribution is 2.09. The fourth-order valence-electron chi connectivity index (χ4n) is 2.03. The van der Waals surface area contributed by atoms with Crippen LogP contribution in [0.15, 0.2) is 42.7 Å². The first-order chi connectivity index (χ1) is 9.70. The van der Waals surface area contributed by atoms with Crippen molar-refractivity contribution in [3.05, 3.63) is 48.3 Å². The molecule has 1 heterocycles. The number of carboxylic acids is 1. The standard InChI is InChI=1S/C15H19N3O2/c1-2-4-14(15(19)20)16-11-12-5-7-13(8-6-12)18-10-3-9-17-18/h3,5-10,14,16H,2,4,11H2,1H3,(H,19,20). The normalized spacial score (nSPS) is 12.2. The van der Waals surface area contributed by atoms with E-state index >= 15 is 0 Å². The van der Waals surface area contributed by atoms with Crippen LogP contribution in [-0.2, 0) is 11.3 Å². The Labute approximate surface area is 118 Å². The Morgan fingerprint density at radius 1 is 1.40 bits per heavy atom. The summed E-state index contributed by atoms with van der Waals surface area (Å²) in [6.07, 6.45) is 5.11.